The Bertz CT molecular complexity index is 767. The van der Waals surface area contributed by atoms with Crippen LogP contribution in [0.15, 0.2) is 42.6 Å². The van der Waals surface area contributed by atoms with Gasteiger partial charge in [-0.05, 0) is 32.0 Å². The van der Waals surface area contributed by atoms with Crippen LogP contribution < -0.4 is 0 Å². The van der Waals surface area contributed by atoms with E-state index in [1.165, 1.54) is 27.9 Å². The zero-order chi connectivity index (χ0) is 15.0. The molecule has 110 valence electrons. The van der Waals surface area contributed by atoms with Crippen molar-refractivity contribution in [2.24, 2.45) is 7.05 Å². The van der Waals surface area contributed by atoms with Crippen molar-refractivity contribution in [3.05, 3.63) is 59.5 Å². The standard InChI is InChI=1S/C18H22N2O/c1-5-20-13(2)17(14-9-6-7-10-15(14)20)18(21-4)16-11-8-12-19(16)3/h6-12,18H,5H2,1-4H3. The quantitative estimate of drug-likeness (QED) is 0.706. The van der Waals surface area contributed by atoms with Crippen LogP contribution in [0.3, 0.4) is 0 Å². The first-order valence-corrected chi connectivity index (χ1v) is 7.40. The minimum atomic E-state index is -0.0392. The number of benzene rings is 1. The number of para-hydroxylation sites is 1. The summed E-state index contributed by atoms with van der Waals surface area (Å²) < 4.78 is 10.4. The molecule has 0 aliphatic carbocycles. The van der Waals surface area contributed by atoms with Gasteiger partial charge in [-0.3, -0.25) is 0 Å². The van der Waals surface area contributed by atoms with E-state index >= 15 is 0 Å². The summed E-state index contributed by atoms with van der Waals surface area (Å²) in [5.74, 6) is 0. The summed E-state index contributed by atoms with van der Waals surface area (Å²) in [6.45, 7) is 5.34. The second kappa shape index (κ2) is 5.41. The third kappa shape index (κ3) is 2.09. The third-order valence-corrected chi connectivity index (χ3v) is 4.35. The predicted molar refractivity (Wildman–Crippen MR) is 86.6 cm³/mol. The lowest BCUT2D eigenvalue weighted by molar-refractivity contribution is 0.131. The predicted octanol–water partition coefficient (Wildman–Crippen LogP) is 4.04. The molecular weight excluding hydrogens is 260 g/mol. The highest BCUT2D eigenvalue weighted by Crippen LogP contribution is 2.35. The highest BCUT2D eigenvalue weighted by Gasteiger charge is 2.24. The number of ether oxygens (including phenoxy) is 1. The Morgan fingerprint density at radius 2 is 1.90 bits per heavy atom. The lowest BCUT2D eigenvalue weighted by Gasteiger charge is -2.18. The van der Waals surface area contributed by atoms with Gasteiger partial charge < -0.3 is 13.9 Å². The van der Waals surface area contributed by atoms with Crippen molar-refractivity contribution in [3.63, 3.8) is 0 Å². The van der Waals surface area contributed by atoms with Gasteiger partial charge in [-0.2, -0.15) is 0 Å². The fraction of sp³-hybridized carbons (Fsp3) is 0.333. The molecule has 0 amide bonds. The normalized spacial score (nSPS) is 13.0. The Morgan fingerprint density at radius 3 is 2.52 bits per heavy atom. The topological polar surface area (TPSA) is 19.1 Å². The van der Waals surface area contributed by atoms with Gasteiger partial charge in [-0.1, -0.05) is 18.2 Å². The summed E-state index contributed by atoms with van der Waals surface area (Å²) in [6, 6.07) is 12.8. The molecule has 3 heteroatoms. The number of rotatable bonds is 4. The van der Waals surface area contributed by atoms with E-state index in [9.17, 15) is 0 Å². The van der Waals surface area contributed by atoms with Gasteiger partial charge in [0.05, 0.1) is 5.69 Å². The van der Waals surface area contributed by atoms with Gasteiger partial charge in [0, 0.05) is 49.1 Å². The Kier molecular flexibility index (Phi) is 3.60. The minimum Gasteiger partial charge on any atom is -0.370 e. The van der Waals surface area contributed by atoms with Crippen molar-refractivity contribution in [3.8, 4) is 0 Å². The molecular formula is C18H22N2O. The van der Waals surface area contributed by atoms with Gasteiger partial charge in [0.1, 0.15) is 6.10 Å². The van der Waals surface area contributed by atoms with Crippen molar-refractivity contribution < 1.29 is 4.74 Å². The van der Waals surface area contributed by atoms with Crippen LogP contribution >= 0.6 is 0 Å². The molecule has 1 aromatic carbocycles. The van der Waals surface area contributed by atoms with Gasteiger partial charge in [0.15, 0.2) is 0 Å². The number of hydrogen-bond donors (Lipinski definition) is 0. The second-order valence-electron chi connectivity index (χ2n) is 5.42. The summed E-state index contributed by atoms with van der Waals surface area (Å²) in [6.07, 6.45) is 2.03. The number of aryl methyl sites for hydroxylation is 2. The number of fused-ring (bicyclic) bond motifs is 1. The van der Waals surface area contributed by atoms with Gasteiger partial charge in [-0.15, -0.1) is 0 Å². The highest BCUT2D eigenvalue weighted by molar-refractivity contribution is 5.86. The van der Waals surface area contributed by atoms with E-state index in [1.807, 2.05) is 0 Å². The van der Waals surface area contributed by atoms with Crippen LogP contribution in [-0.2, 0) is 18.3 Å². The molecule has 0 spiro atoms. The summed E-state index contributed by atoms with van der Waals surface area (Å²) in [5.41, 5.74) is 5.02. The van der Waals surface area contributed by atoms with Crippen LogP contribution in [0.4, 0.5) is 0 Å². The molecule has 2 heterocycles. The first-order valence-electron chi connectivity index (χ1n) is 7.40. The molecule has 0 fully saturated rings. The number of aromatic nitrogens is 2. The first kappa shape index (κ1) is 14.0. The van der Waals surface area contributed by atoms with Crippen molar-refractivity contribution in [1.29, 1.82) is 0 Å². The zero-order valence-corrected chi connectivity index (χ0v) is 13.1. The molecule has 0 saturated heterocycles. The van der Waals surface area contributed by atoms with Gasteiger partial charge in [0.25, 0.3) is 0 Å². The Morgan fingerprint density at radius 1 is 1.14 bits per heavy atom. The summed E-state index contributed by atoms with van der Waals surface area (Å²) in [5, 5.41) is 1.28. The lowest BCUT2D eigenvalue weighted by atomic mass is 10.0. The maximum Gasteiger partial charge on any atom is 0.124 e. The average Bonchev–Trinajstić information content (AvgIpc) is 3.03. The monoisotopic (exact) mass is 282 g/mol. The first-order chi connectivity index (χ1) is 10.2. The summed E-state index contributed by atoms with van der Waals surface area (Å²) >= 11 is 0. The molecule has 0 bridgehead atoms. The molecule has 0 N–H and O–H groups in total. The van der Waals surface area contributed by atoms with Gasteiger partial charge in [0.2, 0.25) is 0 Å². The lowest BCUT2D eigenvalue weighted by Crippen LogP contribution is -2.10. The highest BCUT2D eigenvalue weighted by atomic mass is 16.5. The number of hydrogen-bond acceptors (Lipinski definition) is 1. The van der Waals surface area contributed by atoms with Crippen LogP contribution in [0.25, 0.3) is 10.9 Å². The smallest absolute Gasteiger partial charge is 0.124 e. The molecule has 0 radical (unpaired) electrons. The van der Waals surface area contributed by atoms with Crippen LogP contribution in [0.2, 0.25) is 0 Å². The molecule has 1 atom stereocenters. The summed E-state index contributed by atoms with van der Waals surface area (Å²) in [4.78, 5) is 0. The fourth-order valence-corrected chi connectivity index (χ4v) is 3.33. The zero-order valence-electron chi connectivity index (χ0n) is 13.1. The molecule has 0 saturated carbocycles. The SMILES string of the molecule is CCn1c(C)c(C(OC)c2cccn2C)c2ccccc21. The van der Waals surface area contributed by atoms with Crippen molar-refractivity contribution in [2.45, 2.75) is 26.5 Å². The molecule has 1 unspecified atom stereocenters. The van der Waals surface area contributed by atoms with Gasteiger partial charge in [-0.25, -0.2) is 0 Å². The van der Waals surface area contributed by atoms with E-state index < -0.39 is 0 Å². The van der Waals surface area contributed by atoms with E-state index in [2.05, 4.69) is 72.6 Å². The van der Waals surface area contributed by atoms with Crippen molar-refractivity contribution in [1.82, 2.24) is 9.13 Å². The van der Waals surface area contributed by atoms with Crippen LogP contribution in [-0.4, -0.2) is 16.2 Å². The second-order valence-corrected chi connectivity index (χ2v) is 5.42. The molecule has 21 heavy (non-hydrogen) atoms. The fourth-order valence-electron chi connectivity index (χ4n) is 3.33. The van der Waals surface area contributed by atoms with E-state index in [1.54, 1.807) is 7.11 Å². The van der Waals surface area contributed by atoms with Gasteiger partial charge >= 0.3 is 0 Å². The van der Waals surface area contributed by atoms with Crippen LogP contribution in [0.1, 0.15) is 30.0 Å². The van der Waals surface area contributed by atoms with E-state index in [4.69, 9.17) is 4.74 Å². The van der Waals surface area contributed by atoms with Crippen molar-refractivity contribution in [2.75, 3.05) is 7.11 Å². The maximum absolute atomic E-state index is 5.87. The Balaban J connectivity index is 2.28. The average molecular weight is 282 g/mol. The largest absolute Gasteiger partial charge is 0.370 e. The number of nitrogens with zero attached hydrogens (tertiary/aromatic N) is 2. The Hall–Kier alpha value is -2.00. The molecule has 3 aromatic rings. The van der Waals surface area contributed by atoms with Crippen molar-refractivity contribution >= 4 is 10.9 Å². The number of methoxy groups -OCH3 is 1. The molecule has 2 aromatic heterocycles. The third-order valence-electron chi connectivity index (χ3n) is 4.35. The maximum atomic E-state index is 5.87. The molecule has 0 aliphatic rings. The summed E-state index contributed by atoms with van der Waals surface area (Å²) in [7, 11) is 3.85. The van der Waals surface area contributed by atoms with Crippen LogP contribution in [0, 0.1) is 6.92 Å². The molecule has 0 aliphatic heterocycles. The van der Waals surface area contributed by atoms with E-state index in [0.29, 0.717) is 0 Å². The van der Waals surface area contributed by atoms with E-state index in [0.717, 1.165) is 6.54 Å². The Labute approximate surface area is 125 Å². The van der Waals surface area contributed by atoms with Crippen LogP contribution in [0.5, 0.6) is 0 Å². The molecule has 3 nitrogen and oxygen atoms in total. The molecule has 3 rings (SSSR count). The van der Waals surface area contributed by atoms with E-state index in [-0.39, 0.29) is 6.10 Å². The minimum absolute atomic E-state index is 0.0392.